The molecule has 0 aliphatic carbocycles. The molecule has 0 aliphatic rings. The van der Waals surface area contributed by atoms with Crippen LogP contribution in [0.15, 0.2) is 12.1 Å². The summed E-state index contributed by atoms with van der Waals surface area (Å²) in [6.45, 7) is 0. The average molecular weight is 202 g/mol. The lowest BCUT2D eigenvalue weighted by Crippen LogP contribution is -1.91. The number of hydrogen-bond donors (Lipinski definition) is 1. The van der Waals surface area contributed by atoms with E-state index in [0.717, 1.165) is 12.1 Å². The molecule has 0 aliphatic heterocycles. The Labute approximate surface area is 79.2 Å². The molecule has 0 heterocycles. The fourth-order valence-electron chi connectivity index (χ4n) is 0.769. The van der Waals surface area contributed by atoms with Crippen LogP contribution in [0, 0.1) is 29.3 Å². The van der Waals surface area contributed by atoms with Crippen molar-refractivity contribution in [2.24, 2.45) is 0 Å². The van der Waals surface area contributed by atoms with Crippen molar-refractivity contribution in [3.05, 3.63) is 35.1 Å². The second kappa shape index (κ2) is 4.24. The van der Waals surface area contributed by atoms with E-state index in [9.17, 15) is 13.2 Å². The summed E-state index contributed by atoms with van der Waals surface area (Å²) in [6, 6.07) is 1.68. The molecule has 0 saturated heterocycles. The van der Waals surface area contributed by atoms with Gasteiger partial charge in [-0.2, -0.15) is 12.6 Å². The van der Waals surface area contributed by atoms with Crippen LogP contribution in [-0.4, -0.2) is 5.75 Å². The summed E-state index contributed by atoms with van der Waals surface area (Å²) in [5, 5.41) is 0. The molecule has 4 heteroatoms. The molecule has 0 atom stereocenters. The highest BCUT2D eigenvalue weighted by atomic mass is 32.1. The molecule has 0 amide bonds. The number of benzene rings is 1. The van der Waals surface area contributed by atoms with Crippen molar-refractivity contribution in [1.29, 1.82) is 0 Å². The maximum absolute atomic E-state index is 12.6. The maximum Gasteiger partial charge on any atom is 0.194 e. The van der Waals surface area contributed by atoms with E-state index < -0.39 is 17.5 Å². The molecule has 0 spiro atoms. The van der Waals surface area contributed by atoms with Gasteiger partial charge in [0.15, 0.2) is 17.5 Å². The van der Waals surface area contributed by atoms with E-state index in [1.807, 2.05) is 0 Å². The van der Waals surface area contributed by atoms with Gasteiger partial charge in [-0.05, 0) is 12.1 Å². The lowest BCUT2D eigenvalue weighted by molar-refractivity contribution is 0.446. The fraction of sp³-hybridized carbons (Fsp3) is 0.111. The van der Waals surface area contributed by atoms with Crippen molar-refractivity contribution in [3.63, 3.8) is 0 Å². The summed E-state index contributed by atoms with van der Waals surface area (Å²) in [4.78, 5) is 0. The Hall–Kier alpha value is -1.08. The minimum Gasteiger partial charge on any atom is -0.204 e. The first-order valence-electron chi connectivity index (χ1n) is 3.39. The molecule has 13 heavy (non-hydrogen) atoms. The maximum atomic E-state index is 12.6. The third-order valence-electron chi connectivity index (χ3n) is 1.30. The standard InChI is InChI=1S/C9H5F3S/c10-7-4-6(2-1-3-13)5-8(11)9(7)12/h4-5,13H,3H2. The summed E-state index contributed by atoms with van der Waals surface area (Å²) in [7, 11) is 0. The molecule has 0 saturated carbocycles. The highest BCUT2D eigenvalue weighted by molar-refractivity contribution is 7.80. The minimum atomic E-state index is -1.48. The summed E-state index contributed by atoms with van der Waals surface area (Å²) >= 11 is 3.79. The average Bonchev–Trinajstić information content (AvgIpc) is 2.10. The van der Waals surface area contributed by atoms with Crippen LogP contribution in [0.2, 0.25) is 0 Å². The predicted octanol–water partition coefficient (Wildman–Crippen LogP) is 2.39. The Morgan fingerprint density at radius 3 is 2.15 bits per heavy atom. The molecular formula is C9H5F3S. The number of hydrogen-bond acceptors (Lipinski definition) is 1. The zero-order chi connectivity index (χ0) is 9.84. The zero-order valence-electron chi connectivity index (χ0n) is 6.44. The van der Waals surface area contributed by atoms with E-state index in [1.54, 1.807) is 0 Å². The van der Waals surface area contributed by atoms with Gasteiger partial charge in [0.25, 0.3) is 0 Å². The van der Waals surface area contributed by atoms with Crippen LogP contribution in [0.3, 0.4) is 0 Å². The third kappa shape index (κ3) is 2.43. The second-order valence-corrected chi connectivity index (χ2v) is 2.53. The van der Waals surface area contributed by atoms with E-state index in [4.69, 9.17) is 0 Å². The van der Waals surface area contributed by atoms with E-state index in [2.05, 4.69) is 24.5 Å². The Morgan fingerprint density at radius 2 is 1.69 bits per heavy atom. The second-order valence-electron chi connectivity index (χ2n) is 2.21. The Kier molecular flexibility index (Phi) is 3.26. The van der Waals surface area contributed by atoms with Gasteiger partial charge in [-0.25, -0.2) is 13.2 Å². The molecule has 0 N–H and O–H groups in total. The third-order valence-corrected chi connectivity index (χ3v) is 1.45. The summed E-state index contributed by atoms with van der Waals surface area (Å²) in [6.07, 6.45) is 0. The highest BCUT2D eigenvalue weighted by Crippen LogP contribution is 2.12. The molecule has 0 unspecified atom stereocenters. The quantitative estimate of drug-likeness (QED) is 0.373. The van der Waals surface area contributed by atoms with Crippen LogP contribution in [0.5, 0.6) is 0 Å². The Morgan fingerprint density at radius 1 is 1.15 bits per heavy atom. The van der Waals surface area contributed by atoms with Gasteiger partial charge in [-0.3, -0.25) is 0 Å². The smallest absolute Gasteiger partial charge is 0.194 e. The van der Waals surface area contributed by atoms with Crippen molar-refractivity contribution < 1.29 is 13.2 Å². The van der Waals surface area contributed by atoms with Gasteiger partial charge in [0.05, 0.1) is 5.75 Å². The van der Waals surface area contributed by atoms with Gasteiger partial charge in [0.2, 0.25) is 0 Å². The first kappa shape index (κ1) is 10.0. The van der Waals surface area contributed by atoms with Crippen LogP contribution >= 0.6 is 12.6 Å². The zero-order valence-corrected chi connectivity index (χ0v) is 7.34. The van der Waals surface area contributed by atoms with Crippen LogP contribution in [-0.2, 0) is 0 Å². The van der Waals surface area contributed by atoms with Crippen molar-refractivity contribution in [2.75, 3.05) is 5.75 Å². The molecule has 1 aromatic rings. The lowest BCUT2D eigenvalue weighted by Gasteiger charge is -1.95. The van der Waals surface area contributed by atoms with E-state index >= 15 is 0 Å². The number of rotatable bonds is 0. The van der Waals surface area contributed by atoms with Crippen LogP contribution in [0.1, 0.15) is 5.56 Å². The molecule has 68 valence electrons. The Bertz CT molecular complexity index is 353. The number of thiol groups is 1. The summed E-state index contributed by atoms with van der Waals surface area (Å²) in [5.74, 6) is 1.26. The molecule has 0 radical (unpaired) electrons. The van der Waals surface area contributed by atoms with Gasteiger partial charge < -0.3 is 0 Å². The highest BCUT2D eigenvalue weighted by Gasteiger charge is 2.08. The van der Waals surface area contributed by atoms with Crippen molar-refractivity contribution in [3.8, 4) is 11.8 Å². The summed E-state index contributed by atoms with van der Waals surface area (Å²) < 4.78 is 37.6. The van der Waals surface area contributed by atoms with Crippen molar-refractivity contribution in [1.82, 2.24) is 0 Å². The van der Waals surface area contributed by atoms with E-state index in [1.165, 1.54) is 0 Å². The molecule has 0 aromatic heterocycles. The van der Waals surface area contributed by atoms with Crippen LogP contribution in [0.25, 0.3) is 0 Å². The monoisotopic (exact) mass is 202 g/mol. The normalized spacial score (nSPS) is 9.23. The number of halogens is 3. The minimum absolute atomic E-state index is 0.102. The van der Waals surface area contributed by atoms with E-state index in [-0.39, 0.29) is 11.3 Å². The van der Waals surface area contributed by atoms with Gasteiger partial charge in [0, 0.05) is 5.56 Å². The van der Waals surface area contributed by atoms with Gasteiger partial charge >= 0.3 is 0 Å². The SMILES string of the molecule is Fc1cc(C#CCS)cc(F)c1F. The molecular weight excluding hydrogens is 197 g/mol. The van der Waals surface area contributed by atoms with Gasteiger partial charge in [0.1, 0.15) is 0 Å². The van der Waals surface area contributed by atoms with Crippen LogP contribution < -0.4 is 0 Å². The summed E-state index contributed by atoms with van der Waals surface area (Å²) in [5.41, 5.74) is 0.102. The molecule has 1 rings (SSSR count). The first-order valence-corrected chi connectivity index (χ1v) is 4.02. The van der Waals surface area contributed by atoms with Gasteiger partial charge in [-0.1, -0.05) is 11.8 Å². The molecule has 0 nitrogen and oxygen atoms in total. The first-order chi connectivity index (χ1) is 6.15. The molecule has 0 bridgehead atoms. The molecule has 1 aromatic carbocycles. The lowest BCUT2D eigenvalue weighted by atomic mass is 10.2. The van der Waals surface area contributed by atoms with Crippen molar-refractivity contribution in [2.45, 2.75) is 0 Å². The van der Waals surface area contributed by atoms with Crippen LogP contribution in [0.4, 0.5) is 13.2 Å². The molecule has 0 fully saturated rings. The topological polar surface area (TPSA) is 0 Å². The Balaban J connectivity index is 3.13. The van der Waals surface area contributed by atoms with Gasteiger partial charge in [-0.15, -0.1) is 0 Å². The fourth-order valence-corrected chi connectivity index (χ4v) is 0.848. The van der Waals surface area contributed by atoms with Crippen molar-refractivity contribution >= 4 is 12.6 Å². The largest absolute Gasteiger partial charge is 0.204 e. The van der Waals surface area contributed by atoms with E-state index in [0.29, 0.717) is 0 Å². The predicted molar refractivity (Wildman–Crippen MR) is 47.0 cm³/mol.